The molecule has 160 valence electrons. The van der Waals surface area contributed by atoms with Gasteiger partial charge < -0.3 is 15.4 Å². The molecule has 0 saturated carbocycles. The Hall–Kier alpha value is -1.81. The largest absolute Gasteiger partial charge is 0.497 e. The predicted molar refractivity (Wildman–Crippen MR) is 130 cm³/mol. The number of hydrogen-bond donors (Lipinski definition) is 2. The van der Waals surface area contributed by atoms with Crippen molar-refractivity contribution in [3.8, 4) is 5.75 Å². The normalized spacial score (nSPS) is 11.4. The van der Waals surface area contributed by atoms with Crippen molar-refractivity contribution < 1.29 is 13.2 Å². The summed E-state index contributed by atoms with van der Waals surface area (Å²) in [5.74, 6) is 1.70. The van der Waals surface area contributed by atoms with E-state index in [1.807, 2.05) is 61.5 Å². The molecule has 0 bridgehead atoms. The molecule has 2 rings (SSSR count). The van der Waals surface area contributed by atoms with E-state index in [2.05, 4.69) is 15.6 Å². The quantitative estimate of drug-likeness (QED) is 0.213. The number of hydrogen-bond acceptors (Lipinski definition) is 4. The number of methoxy groups -OCH3 is 1. The molecule has 0 fully saturated rings. The van der Waals surface area contributed by atoms with Gasteiger partial charge in [-0.1, -0.05) is 42.5 Å². The lowest BCUT2D eigenvalue weighted by Crippen LogP contribution is -2.38. The van der Waals surface area contributed by atoms with Gasteiger partial charge in [-0.05, 0) is 36.6 Å². The molecule has 0 aliphatic rings. The fraction of sp³-hybridized carbons (Fsp3) is 0.381. The maximum atomic E-state index is 12.3. The third kappa shape index (κ3) is 9.98. The minimum atomic E-state index is -3.12. The third-order valence-electron chi connectivity index (χ3n) is 4.05. The van der Waals surface area contributed by atoms with E-state index in [9.17, 15) is 8.42 Å². The molecular weight excluding hydrogens is 501 g/mol. The van der Waals surface area contributed by atoms with Crippen LogP contribution >= 0.6 is 24.0 Å². The predicted octanol–water partition coefficient (Wildman–Crippen LogP) is 3.37. The molecule has 0 atom stereocenters. The summed E-state index contributed by atoms with van der Waals surface area (Å²) in [5, 5.41) is 6.38. The Bertz CT molecular complexity index is 858. The second-order valence-electron chi connectivity index (χ2n) is 6.40. The molecule has 0 unspecified atom stereocenters. The van der Waals surface area contributed by atoms with E-state index in [4.69, 9.17) is 4.74 Å². The summed E-state index contributed by atoms with van der Waals surface area (Å²) in [6, 6.07) is 17.0. The summed E-state index contributed by atoms with van der Waals surface area (Å²) in [5.41, 5.74) is 1.87. The molecule has 0 amide bonds. The van der Waals surface area contributed by atoms with Crippen molar-refractivity contribution in [1.82, 2.24) is 10.6 Å². The summed E-state index contributed by atoms with van der Waals surface area (Å²) in [6.07, 6.45) is 0.527. The van der Waals surface area contributed by atoms with Gasteiger partial charge in [0.1, 0.15) is 5.75 Å². The van der Waals surface area contributed by atoms with Gasteiger partial charge in [0.15, 0.2) is 15.8 Å². The van der Waals surface area contributed by atoms with Crippen LogP contribution in [-0.4, -0.2) is 40.3 Å². The minimum absolute atomic E-state index is 0. The minimum Gasteiger partial charge on any atom is -0.497 e. The Morgan fingerprint density at radius 1 is 1.03 bits per heavy atom. The van der Waals surface area contributed by atoms with Crippen molar-refractivity contribution in [3.05, 3.63) is 65.7 Å². The zero-order valence-electron chi connectivity index (χ0n) is 16.9. The van der Waals surface area contributed by atoms with Crippen LogP contribution in [0.25, 0.3) is 0 Å². The second-order valence-corrected chi connectivity index (χ2v) is 8.59. The number of nitrogens with zero attached hydrogens (tertiary/aromatic N) is 1. The lowest BCUT2D eigenvalue weighted by Gasteiger charge is -2.12. The van der Waals surface area contributed by atoms with E-state index in [0.29, 0.717) is 25.5 Å². The van der Waals surface area contributed by atoms with E-state index in [1.54, 1.807) is 7.11 Å². The van der Waals surface area contributed by atoms with Gasteiger partial charge in [0.05, 0.1) is 25.2 Å². The van der Waals surface area contributed by atoms with Crippen molar-refractivity contribution in [1.29, 1.82) is 0 Å². The number of ether oxygens (including phenoxy) is 1. The van der Waals surface area contributed by atoms with Crippen LogP contribution in [0.2, 0.25) is 0 Å². The van der Waals surface area contributed by atoms with Crippen LogP contribution < -0.4 is 15.4 Å². The van der Waals surface area contributed by atoms with Crippen LogP contribution in [0.15, 0.2) is 59.6 Å². The molecule has 8 heteroatoms. The highest BCUT2D eigenvalue weighted by atomic mass is 127. The van der Waals surface area contributed by atoms with Crippen LogP contribution in [0, 0.1) is 0 Å². The molecule has 0 heterocycles. The van der Waals surface area contributed by atoms with E-state index < -0.39 is 9.84 Å². The average molecular weight is 531 g/mol. The first-order valence-electron chi connectivity index (χ1n) is 9.42. The standard InChI is InChI=1S/C21H29N3O3S.HI/c1-3-22-21(24-16-19-11-7-12-20(15-19)27-2)23-13-8-14-28(25,26)17-18-9-5-4-6-10-18;/h4-7,9-12,15H,3,8,13-14,16-17H2,1-2H3,(H2,22,23,24);1H. The lowest BCUT2D eigenvalue weighted by molar-refractivity contribution is 0.414. The molecule has 6 nitrogen and oxygen atoms in total. The molecule has 2 aromatic carbocycles. The SMILES string of the molecule is CCNC(=NCc1cccc(OC)c1)NCCCS(=O)(=O)Cc1ccccc1.I. The topological polar surface area (TPSA) is 79.8 Å². The Balaban J connectivity index is 0.00000420. The van der Waals surface area contributed by atoms with Gasteiger partial charge in [-0.2, -0.15) is 0 Å². The van der Waals surface area contributed by atoms with Gasteiger partial charge in [0, 0.05) is 13.1 Å². The summed E-state index contributed by atoms with van der Waals surface area (Å²) < 4.78 is 29.7. The molecule has 0 spiro atoms. The van der Waals surface area contributed by atoms with Gasteiger partial charge in [-0.25, -0.2) is 13.4 Å². The Labute approximate surface area is 191 Å². The molecule has 0 aliphatic carbocycles. The molecule has 2 aromatic rings. The summed E-state index contributed by atoms with van der Waals surface area (Å²) in [4.78, 5) is 4.55. The number of guanidine groups is 1. The summed E-state index contributed by atoms with van der Waals surface area (Å²) in [6.45, 7) is 3.78. The van der Waals surface area contributed by atoms with Crippen molar-refractivity contribution in [2.75, 3.05) is 26.0 Å². The van der Waals surface area contributed by atoms with Gasteiger partial charge >= 0.3 is 0 Å². The number of sulfone groups is 1. The Morgan fingerprint density at radius 2 is 1.76 bits per heavy atom. The molecule has 0 aromatic heterocycles. The number of aliphatic imine (C=N–C) groups is 1. The number of halogens is 1. The molecule has 29 heavy (non-hydrogen) atoms. The summed E-state index contributed by atoms with van der Waals surface area (Å²) in [7, 11) is -1.48. The first-order valence-corrected chi connectivity index (χ1v) is 11.2. The summed E-state index contributed by atoms with van der Waals surface area (Å²) >= 11 is 0. The highest BCUT2D eigenvalue weighted by Crippen LogP contribution is 2.13. The van der Waals surface area contributed by atoms with E-state index in [0.717, 1.165) is 23.4 Å². The third-order valence-corrected chi connectivity index (χ3v) is 5.74. The van der Waals surface area contributed by atoms with Crippen LogP contribution in [0.1, 0.15) is 24.5 Å². The van der Waals surface area contributed by atoms with E-state index >= 15 is 0 Å². The number of nitrogens with one attached hydrogen (secondary N) is 2. The molecule has 2 N–H and O–H groups in total. The second kappa shape index (κ2) is 13.4. The first-order chi connectivity index (χ1) is 13.5. The maximum Gasteiger partial charge on any atom is 0.191 e. The lowest BCUT2D eigenvalue weighted by atomic mass is 10.2. The average Bonchev–Trinajstić information content (AvgIpc) is 2.70. The van der Waals surface area contributed by atoms with Crippen LogP contribution in [0.4, 0.5) is 0 Å². The fourth-order valence-corrected chi connectivity index (χ4v) is 4.11. The van der Waals surface area contributed by atoms with Crippen LogP contribution in [0.3, 0.4) is 0 Å². The smallest absolute Gasteiger partial charge is 0.191 e. The zero-order valence-corrected chi connectivity index (χ0v) is 20.1. The first kappa shape index (κ1) is 25.2. The van der Waals surface area contributed by atoms with E-state index in [1.165, 1.54) is 0 Å². The number of benzene rings is 2. The van der Waals surface area contributed by atoms with Crippen molar-refractivity contribution in [2.45, 2.75) is 25.6 Å². The highest BCUT2D eigenvalue weighted by molar-refractivity contribution is 14.0. The van der Waals surface area contributed by atoms with Gasteiger partial charge in [-0.3, -0.25) is 0 Å². The van der Waals surface area contributed by atoms with Gasteiger partial charge in [0.2, 0.25) is 0 Å². The van der Waals surface area contributed by atoms with Crippen molar-refractivity contribution in [3.63, 3.8) is 0 Å². The monoisotopic (exact) mass is 531 g/mol. The molecular formula is C21H30IN3O3S. The van der Waals surface area contributed by atoms with Crippen LogP contribution in [0.5, 0.6) is 5.75 Å². The van der Waals surface area contributed by atoms with Crippen molar-refractivity contribution in [2.24, 2.45) is 4.99 Å². The van der Waals surface area contributed by atoms with Crippen molar-refractivity contribution >= 4 is 39.8 Å². The molecule has 0 aliphatic heterocycles. The number of rotatable bonds is 10. The maximum absolute atomic E-state index is 12.3. The van der Waals surface area contributed by atoms with Crippen LogP contribution in [-0.2, 0) is 22.1 Å². The van der Waals surface area contributed by atoms with Gasteiger partial charge in [-0.15, -0.1) is 24.0 Å². The zero-order chi connectivity index (χ0) is 20.2. The molecule has 0 radical (unpaired) electrons. The molecule has 0 saturated heterocycles. The highest BCUT2D eigenvalue weighted by Gasteiger charge is 2.11. The van der Waals surface area contributed by atoms with E-state index in [-0.39, 0.29) is 35.5 Å². The van der Waals surface area contributed by atoms with Gasteiger partial charge in [0.25, 0.3) is 0 Å². The Morgan fingerprint density at radius 3 is 2.45 bits per heavy atom. The fourth-order valence-electron chi connectivity index (χ4n) is 2.68. The Kier molecular flexibility index (Phi) is 11.7.